The Morgan fingerprint density at radius 2 is 1.95 bits per heavy atom. The second kappa shape index (κ2) is 6.16. The van der Waals surface area contributed by atoms with Crippen molar-refractivity contribution in [2.24, 2.45) is 11.8 Å². The largest absolute Gasteiger partial charge is 0.497 e. The fourth-order valence-corrected chi connectivity index (χ4v) is 2.88. The Bertz CT molecular complexity index is 598. The van der Waals surface area contributed by atoms with Crippen LogP contribution in [0.3, 0.4) is 0 Å². The first-order valence-electron chi connectivity index (χ1n) is 7.12. The van der Waals surface area contributed by atoms with Crippen LogP contribution in [-0.2, 0) is 6.42 Å². The Morgan fingerprint density at radius 3 is 2.67 bits per heavy atom. The maximum atomic E-state index is 5.87. The highest BCUT2D eigenvalue weighted by Crippen LogP contribution is 2.33. The zero-order valence-corrected chi connectivity index (χ0v) is 12.1. The topological polar surface area (TPSA) is 56.5 Å². The maximum Gasteiger partial charge on any atom is 0.122 e. The first-order valence-corrected chi connectivity index (χ1v) is 7.12. The van der Waals surface area contributed by atoms with E-state index in [9.17, 15) is 0 Å². The Balaban J connectivity index is 1.80. The lowest BCUT2D eigenvalue weighted by Gasteiger charge is -2.31. The molecule has 0 bridgehead atoms. The van der Waals surface area contributed by atoms with Gasteiger partial charge in [0.2, 0.25) is 0 Å². The first-order chi connectivity index (χ1) is 10.3. The molecule has 0 aliphatic carbocycles. The normalized spacial score (nSPS) is 18.5. The number of benzene rings is 2. The summed E-state index contributed by atoms with van der Waals surface area (Å²) in [6, 6.07) is 16.2. The van der Waals surface area contributed by atoms with Crippen molar-refractivity contribution in [1.29, 1.82) is 0 Å². The molecule has 1 aliphatic heterocycles. The SMILES string of the molecule is COc1ccc(C(NN)C2COc3ccccc3C2)cc1. The third kappa shape index (κ3) is 2.86. The molecule has 0 saturated heterocycles. The molecular formula is C17H20N2O2. The molecule has 2 unspecified atom stereocenters. The molecule has 2 aromatic rings. The van der Waals surface area contributed by atoms with Gasteiger partial charge in [0, 0.05) is 5.92 Å². The van der Waals surface area contributed by atoms with E-state index in [-0.39, 0.29) is 6.04 Å². The number of nitrogens with two attached hydrogens (primary N) is 1. The quantitative estimate of drug-likeness (QED) is 0.669. The van der Waals surface area contributed by atoms with Crippen molar-refractivity contribution < 1.29 is 9.47 Å². The highest BCUT2D eigenvalue weighted by molar-refractivity contribution is 5.36. The van der Waals surface area contributed by atoms with Crippen LogP contribution in [0.5, 0.6) is 11.5 Å². The molecule has 0 saturated carbocycles. The van der Waals surface area contributed by atoms with E-state index < -0.39 is 0 Å². The monoisotopic (exact) mass is 284 g/mol. The fourth-order valence-electron chi connectivity index (χ4n) is 2.88. The smallest absolute Gasteiger partial charge is 0.122 e. The number of rotatable bonds is 4. The van der Waals surface area contributed by atoms with Gasteiger partial charge in [-0.1, -0.05) is 30.3 Å². The second-order valence-corrected chi connectivity index (χ2v) is 5.30. The summed E-state index contributed by atoms with van der Waals surface area (Å²) >= 11 is 0. The lowest BCUT2D eigenvalue weighted by atomic mass is 9.87. The minimum Gasteiger partial charge on any atom is -0.497 e. The zero-order valence-electron chi connectivity index (χ0n) is 12.1. The number of hydrogen-bond donors (Lipinski definition) is 2. The van der Waals surface area contributed by atoms with Crippen molar-refractivity contribution in [2.75, 3.05) is 13.7 Å². The molecule has 0 spiro atoms. The van der Waals surface area contributed by atoms with Crippen LogP contribution in [0.1, 0.15) is 17.2 Å². The fraction of sp³-hybridized carbons (Fsp3) is 0.294. The van der Waals surface area contributed by atoms with Gasteiger partial charge < -0.3 is 9.47 Å². The van der Waals surface area contributed by atoms with Gasteiger partial charge in [0.1, 0.15) is 11.5 Å². The van der Waals surface area contributed by atoms with Gasteiger partial charge >= 0.3 is 0 Å². The van der Waals surface area contributed by atoms with E-state index in [1.54, 1.807) is 7.11 Å². The molecule has 2 aromatic carbocycles. The molecule has 3 rings (SSSR count). The molecule has 0 amide bonds. The molecule has 21 heavy (non-hydrogen) atoms. The standard InChI is InChI=1S/C17H20N2O2/c1-20-15-8-6-12(7-9-15)17(19-18)14-10-13-4-2-3-5-16(13)21-11-14/h2-9,14,17,19H,10-11,18H2,1H3. The highest BCUT2D eigenvalue weighted by Gasteiger charge is 2.27. The average molecular weight is 284 g/mol. The van der Waals surface area contributed by atoms with E-state index in [1.807, 2.05) is 42.5 Å². The number of fused-ring (bicyclic) bond motifs is 1. The predicted octanol–water partition coefficient (Wildman–Crippen LogP) is 2.45. The van der Waals surface area contributed by atoms with Crippen LogP contribution in [0.4, 0.5) is 0 Å². The Labute approximate surface area is 124 Å². The van der Waals surface area contributed by atoms with E-state index in [0.717, 1.165) is 23.5 Å². The third-order valence-electron chi connectivity index (χ3n) is 4.03. The Kier molecular flexibility index (Phi) is 4.08. The number of methoxy groups -OCH3 is 1. The molecule has 4 heteroatoms. The van der Waals surface area contributed by atoms with Gasteiger partial charge in [-0.25, -0.2) is 0 Å². The van der Waals surface area contributed by atoms with Gasteiger partial charge in [-0.3, -0.25) is 11.3 Å². The summed E-state index contributed by atoms with van der Waals surface area (Å²) in [6.45, 7) is 0.665. The van der Waals surface area contributed by atoms with Crippen molar-refractivity contribution in [3.05, 3.63) is 59.7 Å². The molecule has 1 heterocycles. The Hall–Kier alpha value is -2.04. The molecule has 0 radical (unpaired) electrons. The molecular weight excluding hydrogens is 264 g/mol. The van der Waals surface area contributed by atoms with E-state index in [4.69, 9.17) is 15.3 Å². The van der Waals surface area contributed by atoms with Crippen LogP contribution >= 0.6 is 0 Å². The van der Waals surface area contributed by atoms with Crippen LogP contribution in [-0.4, -0.2) is 13.7 Å². The van der Waals surface area contributed by atoms with Crippen LogP contribution in [0, 0.1) is 5.92 Å². The lowest BCUT2D eigenvalue weighted by Crippen LogP contribution is -2.38. The summed E-state index contributed by atoms with van der Waals surface area (Å²) in [5.41, 5.74) is 5.32. The molecule has 110 valence electrons. The lowest BCUT2D eigenvalue weighted by molar-refractivity contribution is 0.185. The minimum atomic E-state index is 0.0595. The molecule has 1 aliphatic rings. The van der Waals surface area contributed by atoms with Gasteiger partial charge in [-0.2, -0.15) is 0 Å². The Morgan fingerprint density at radius 1 is 1.19 bits per heavy atom. The summed E-state index contributed by atoms with van der Waals surface area (Å²) in [7, 11) is 1.67. The number of para-hydroxylation sites is 1. The molecule has 4 nitrogen and oxygen atoms in total. The zero-order chi connectivity index (χ0) is 14.7. The van der Waals surface area contributed by atoms with Crippen molar-refractivity contribution >= 4 is 0 Å². The summed E-state index contributed by atoms with van der Waals surface area (Å²) in [4.78, 5) is 0. The van der Waals surface area contributed by atoms with Gasteiger partial charge in [0.05, 0.1) is 19.8 Å². The molecule has 2 atom stereocenters. The van der Waals surface area contributed by atoms with E-state index in [1.165, 1.54) is 5.56 Å². The van der Waals surface area contributed by atoms with Crippen molar-refractivity contribution in [3.8, 4) is 11.5 Å². The second-order valence-electron chi connectivity index (χ2n) is 5.30. The molecule has 3 N–H and O–H groups in total. The van der Waals surface area contributed by atoms with Crippen LogP contribution in [0.25, 0.3) is 0 Å². The van der Waals surface area contributed by atoms with E-state index in [0.29, 0.717) is 12.5 Å². The highest BCUT2D eigenvalue weighted by atomic mass is 16.5. The van der Waals surface area contributed by atoms with Gasteiger partial charge in [0.15, 0.2) is 0 Å². The number of hydrazine groups is 1. The number of nitrogens with one attached hydrogen (secondary N) is 1. The van der Waals surface area contributed by atoms with Crippen molar-refractivity contribution in [1.82, 2.24) is 5.43 Å². The van der Waals surface area contributed by atoms with Gasteiger partial charge in [-0.15, -0.1) is 0 Å². The van der Waals surface area contributed by atoms with Crippen molar-refractivity contribution in [3.63, 3.8) is 0 Å². The third-order valence-corrected chi connectivity index (χ3v) is 4.03. The minimum absolute atomic E-state index is 0.0595. The summed E-state index contributed by atoms with van der Waals surface area (Å²) in [5, 5.41) is 0. The van der Waals surface area contributed by atoms with Gasteiger partial charge in [0.25, 0.3) is 0 Å². The summed E-state index contributed by atoms with van der Waals surface area (Å²) in [6.07, 6.45) is 0.955. The van der Waals surface area contributed by atoms with Crippen LogP contribution < -0.4 is 20.7 Å². The van der Waals surface area contributed by atoms with E-state index >= 15 is 0 Å². The molecule has 0 fully saturated rings. The summed E-state index contributed by atoms with van der Waals surface area (Å²) in [5.74, 6) is 7.93. The van der Waals surface area contributed by atoms with Gasteiger partial charge in [-0.05, 0) is 35.7 Å². The average Bonchev–Trinajstić information content (AvgIpc) is 2.56. The molecule has 0 aromatic heterocycles. The maximum absolute atomic E-state index is 5.87. The number of hydrogen-bond acceptors (Lipinski definition) is 4. The predicted molar refractivity (Wildman–Crippen MR) is 82.2 cm³/mol. The van der Waals surface area contributed by atoms with E-state index in [2.05, 4.69) is 11.5 Å². The summed E-state index contributed by atoms with van der Waals surface area (Å²) < 4.78 is 11.1. The van der Waals surface area contributed by atoms with Crippen molar-refractivity contribution in [2.45, 2.75) is 12.5 Å². The van der Waals surface area contributed by atoms with Crippen LogP contribution in [0.2, 0.25) is 0 Å². The van der Waals surface area contributed by atoms with Crippen LogP contribution in [0.15, 0.2) is 48.5 Å². The number of ether oxygens (including phenoxy) is 2. The first kappa shape index (κ1) is 13.9.